The molecule has 2 aromatic carbocycles. The van der Waals surface area contributed by atoms with E-state index in [2.05, 4.69) is 23.5 Å². The summed E-state index contributed by atoms with van der Waals surface area (Å²) in [5.74, 6) is 0.0532. The fourth-order valence-corrected chi connectivity index (χ4v) is 2.15. The van der Waals surface area contributed by atoms with Gasteiger partial charge in [0.2, 0.25) is 0 Å². The van der Waals surface area contributed by atoms with Crippen LogP contribution in [0.15, 0.2) is 54.6 Å². The molecule has 0 unspecified atom stereocenters. The van der Waals surface area contributed by atoms with Gasteiger partial charge in [-0.1, -0.05) is 42.5 Å². The summed E-state index contributed by atoms with van der Waals surface area (Å²) in [6, 6.07) is 18.6. The average molecular weight is 251 g/mol. The minimum atomic E-state index is 0.0532. The number of rotatable bonds is 4. The molecule has 0 radical (unpaired) electrons. The van der Waals surface area contributed by atoms with Crippen LogP contribution >= 0.6 is 0 Å². The van der Waals surface area contributed by atoms with Crippen LogP contribution in [0.5, 0.6) is 0 Å². The number of benzene rings is 2. The van der Waals surface area contributed by atoms with Gasteiger partial charge in [-0.3, -0.25) is 4.79 Å². The van der Waals surface area contributed by atoms with Gasteiger partial charge < -0.3 is 5.32 Å². The van der Waals surface area contributed by atoms with E-state index in [1.54, 1.807) is 0 Å². The molecule has 0 aliphatic heterocycles. The van der Waals surface area contributed by atoms with Crippen LogP contribution in [0.1, 0.15) is 34.3 Å². The SMILES string of the molecule is O=C(NC1CC1)c1cccc(Cc2ccccc2)c1. The second-order valence-corrected chi connectivity index (χ2v) is 5.11. The highest BCUT2D eigenvalue weighted by molar-refractivity contribution is 5.94. The molecule has 2 heteroatoms. The summed E-state index contributed by atoms with van der Waals surface area (Å²) in [4.78, 5) is 12.0. The van der Waals surface area contributed by atoms with E-state index in [0.29, 0.717) is 6.04 Å². The molecule has 2 aromatic rings. The number of amides is 1. The van der Waals surface area contributed by atoms with E-state index in [9.17, 15) is 4.79 Å². The molecule has 0 saturated heterocycles. The van der Waals surface area contributed by atoms with Gasteiger partial charge in [-0.25, -0.2) is 0 Å². The summed E-state index contributed by atoms with van der Waals surface area (Å²) in [6.07, 6.45) is 3.11. The Morgan fingerprint density at radius 2 is 1.74 bits per heavy atom. The third-order valence-corrected chi connectivity index (χ3v) is 3.35. The molecule has 1 fully saturated rings. The van der Waals surface area contributed by atoms with Crippen LogP contribution in [0, 0.1) is 0 Å². The van der Waals surface area contributed by atoms with Crippen LogP contribution in [-0.2, 0) is 6.42 Å². The standard InChI is InChI=1S/C17H17NO/c19-17(18-16-9-10-16)15-8-4-7-14(12-15)11-13-5-2-1-3-6-13/h1-8,12,16H,9-11H2,(H,18,19). The summed E-state index contributed by atoms with van der Waals surface area (Å²) < 4.78 is 0. The lowest BCUT2D eigenvalue weighted by molar-refractivity contribution is 0.0951. The van der Waals surface area contributed by atoms with Crippen molar-refractivity contribution >= 4 is 5.91 Å². The van der Waals surface area contributed by atoms with Crippen LogP contribution in [-0.4, -0.2) is 11.9 Å². The van der Waals surface area contributed by atoms with Crippen molar-refractivity contribution in [3.63, 3.8) is 0 Å². The first kappa shape index (κ1) is 12.0. The Morgan fingerprint density at radius 3 is 2.47 bits per heavy atom. The maximum Gasteiger partial charge on any atom is 0.251 e. The molecule has 0 spiro atoms. The van der Waals surface area contributed by atoms with Gasteiger partial charge in [0, 0.05) is 11.6 Å². The molecule has 1 aliphatic rings. The van der Waals surface area contributed by atoms with E-state index in [0.717, 1.165) is 24.8 Å². The Hall–Kier alpha value is -2.09. The van der Waals surface area contributed by atoms with Gasteiger partial charge in [0.1, 0.15) is 0 Å². The first-order chi connectivity index (χ1) is 9.31. The van der Waals surface area contributed by atoms with Gasteiger partial charge in [0.25, 0.3) is 5.91 Å². The van der Waals surface area contributed by atoms with E-state index in [-0.39, 0.29) is 5.91 Å². The first-order valence-electron chi connectivity index (χ1n) is 6.75. The largest absolute Gasteiger partial charge is 0.349 e. The lowest BCUT2D eigenvalue weighted by Crippen LogP contribution is -2.25. The highest BCUT2D eigenvalue weighted by atomic mass is 16.1. The van der Waals surface area contributed by atoms with E-state index in [1.807, 2.05) is 36.4 Å². The molecule has 0 aromatic heterocycles. The van der Waals surface area contributed by atoms with Crippen LogP contribution in [0.25, 0.3) is 0 Å². The summed E-state index contributed by atoms with van der Waals surface area (Å²) in [7, 11) is 0. The zero-order valence-corrected chi connectivity index (χ0v) is 10.8. The van der Waals surface area contributed by atoms with E-state index in [4.69, 9.17) is 0 Å². The van der Waals surface area contributed by atoms with Crippen LogP contribution in [0.4, 0.5) is 0 Å². The van der Waals surface area contributed by atoms with Gasteiger partial charge in [0.15, 0.2) is 0 Å². The number of hydrogen-bond acceptors (Lipinski definition) is 1. The Balaban J connectivity index is 1.73. The molecular formula is C17H17NO. The summed E-state index contributed by atoms with van der Waals surface area (Å²) in [5.41, 5.74) is 3.21. The molecule has 96 valence electrons. The van der Waals surface area contributed by atoms with Gasteiger partial charge in [-0.2, -0.15) is 0 Å². The number of carbonyl (C=O) groups is 1. The predicted molar refractivity (Wildman–Crippen MR) is 76.2 cm³/mol. The Morgan fingerprint density at radius 1 is 1.00 bits per heavy atom. The summed E-state index contributed by atoms with van der Waals surface area (Å²) in [5, 5.41) is 3.02. The van der Waals surface area contributed by atoms with Crippen LogP contribution in [0.3, 0.4) is 0 Å². The lowest BCUT2D eigenvalue weighted by atomic mass is 10.0. The zero-order chi connectivity index (χ0) is 13.1. The van der Waals surface area contributed by atoms with E-state index < -0.39 is 0 Å². The average Bonchev–Trinajstić information content (AvgIpc) is 3.24. The van der Waals surface area contributed by atoms with Crippen molar-refractivity contribution in [3.8, 4) is 0 Å². The maximum atomic E-state index is 12.0. The normalized spacial score (nSPS) is 14.1. The quantitative estimate of drug-likeness (QED) is 0.888. The van der Waals surface area contributed by atoms with Crippen molar-refractivity contribution in [3.05, 3.63) is 71.3 Å². The topological polar surface area (TPSA) is 29.1 Å². The minimum absolute atomic E-state index is 0.0532. The molecule has 3 rings (SSSR count). The minimum Gasteiger partial charge on any atom is -0.349 e. The monoisotopic (exact) mass is 251 g/mol. The lowest BCUT2D eigenvalue weighted by Gasteiger charge is -2.06. The highest BCUT2D eigenvalue weighted by Crippen LogP contribution is 2.19. The van der Waals surface area contributed by atoms with Crippen LogP contribution < -0.4 is 5.32 Å². The molecule has 0 bridgehead atoms. The third kappa shape index (κ3) is 3.22. The molecule has 1 amide bonds. The van der Waals surface area contributed by atoms with E-state index in [1.165, 1.54) is 11.1 Å². The van der Waals surface area contributed by atoms with Gasteiger partial charge in [-0.05, 0) is 42.5 Å². The van der Waals surface area contributed by atoms with Gasteiger partial charge in [0.05, 0.1) is 0 Å². The Labute approximate surface area is 113 Å². The third-order valence-electron chi connectivity index (χ3n) is 3.35. The van der Waals surface area contributed by atoms with Gasteiger partial charge >= 0.3 is 0 Å². The molecule has 1 aliphatic carbocycles. The number of nitrogens with one attached hydrogen (secondary N) is 1. The van der Waals surface area contributed by atoms with Crippen molar-refractivity contribution in [2.75, 3.05) is 0 Å². The van der Waals surface area contributed by atoms with Crippen LogP contribution in [0.2, 0.25) is 0 Å². The first-order valence-corrected chi connectivity index (χ1v) is 6.75. The number of hydrogen-bond donors (Lipinski definition) is 1. The smallest absolute Gasteiger partial charge is 0.251 e. The van der Waals surface area contributed by atoms with Crippen molar-refractivity contribution in [1.29, 1.82) is 0 Å². The van der Waals surface area contributed by atoms with E-state index >= 15 is 0 Å². The van der Waals surface area contributed by atoms with Crippen molar-refractivity contribution < 1.29 is 4.79 Å². The number of carbonyl (C=O) groups excluding carboxylic acids is 1. The van der Waals surface area contributed by atoms with Crippen molar-refractivity contribution in [1.82, 2.24) is 5.32 Å². The Bertz CT molecular complexity index is 573. The predicted octanol–water partition coefficient (Wildman–Crippen LogP) is 3.17. The second kappa shape index (κ2) is 5.27. The summed E-state index contributed by atoms with van der Waals surface area (Å²) >= 11 is 0. The van der Waals surface area contributed by atoms with Crippen molar-refractivity contribution in [2.45, 2.75) is 25.3 Å². The van der Waals surface area contributed by atoms with Crippen molar-refractivity contribution in [2.24, 2.45) is 0 Å². The van der Waals surface area contributed by atoms with Gasteiger partial charge in [-0.15, -0.1) is 0 Å². The molecule has 1 N–H and O–H groups in total. The summed E-state index contributed by atoms with van der Waals surface area (Å²) in [6.45, 7) is 0. The molecule has 0 atom stereocenters. The molecule has 2 nitrogen and oxygen atoms in total. The second-order valence-electron chi connectivity index (χ2n) is 5.11. The Kier molecular flexibility index (Phi) is 3.32. The fraction of sp³-hybridized carbons (Fsp3) is 0.235. The molecule has 0 heterocycles. The zero-order valence-electron chi connectivity index (χ0n) is 10.8. The fourth-order valence-electron chi connectivity index (χ4n) is 2.15. The highest BCUT2D eigenvalue weighted by Gasteiger charge is 2.23. The maximum absolute atomic E-state index is 12.0. The molecule has 19 heavy (non-hydrogen) atoms. The molecular weight excluding hydrogens is 234 g/mol. The molecule has 1 saturated carbocycles.